The monoisotopic (exact) mass is 375 g/mol. The van der Waals surface area contributed by atoms with E-state index in [1.165, 1.54) is 6.42 Å². The van der Waals surface area contributed by atoms with Gasteiger partial charge in [-0.15, -0.1) is 0 Å². The van der Waals surface area contributed by atoms with Crippen LogP contribution in [-0.2, 0) is 9.84 Å². The summed E-state index contributed by atoms with van der Waals surface area (Å²) in [6, 6.07) is 8.63. The first-order valence-electron chi connectivity index (χ1n) is 9.01. The van der Waals surface area contributed by atoms with Crippen molar-refractivity contribution < 1.29 is 17.6 Å². The fraction of sp³-hybridized carbons (Fsp3) is 0.450. The highest BCUT2D eigenvalue weighted by Crippen LogP contribution is 2.35. The maximum atomic E-state index is 12.8. The van der Waals surface area contributed by atoms with Crippen LogP contribution in [0.1, 0.15) is 44.2 Å². The molecule has 2 heterocycles. The maximum Gasteiger partial charge on any atom is 0.185 e. The van der Waals surface area contributed by atoms with Crippen LogP contribution in [0.15, 0.2) is 39.6 Å². The molecule has 1 aromatic heterocycles. The molecule has 1 aliphatic heterocycles. The number of furan rings is 1. The van der Waals surface area contributed by atoms with Gasteiger partial charge >= 0.3 is 0 Å². The Hall–Kier alpha value is -2.08. The third kappa shape index (κ3) is 3.56. The largest absolute Gasteiger partial charge is 0.453 e. The standard InChI is InChI=1S/C20H25NO4S/c1-14(2)26(23,24)20-9-6-16(21-10-4-5-15(3)12-21)11-18(20)19-8-7-17(13-22)25-19/h6-9,11,13-15H,4-5,10,12H2,1-3H3. The van der Waals surface area contributed by atoms with Crippen LogP contribution in [0.5, 0.6) is 0 Å². The van der Waals surface area contributed by atoms with Crippen LogP contribution < -0.4 is 4.90 Å². The lowest BCUT2D eigenvalue weighted by Gasteiger charge is -2.33. The summed E-state index contributed by atoms with van der Waals surface area (Å²) in [5.74, 6) is 1.19. The molecule has 1 atom stereocenters. The number of nitrogens with zero attached hydrogens (tertiary/aromatic N) is 1. The zero-order valence-electron chi connectivity index (χ0n) is 15.4. The Morgan fingerprint density at radius 1 is 1.23 bits per heavy atom. The minimum absolute atomic E-state index is 0.185. The normalized spacial score (nSPS) is 18.3. The number of sulfone groups is 1. The van der Waals surface area contributed by atoms with Crippen LogP contribution in [0.25, 0.3) is 11.3 Å². The van der Waals surface area contributed by atoms with E-state index < -0.39 is 15.1 Å². The third-order valence-corrected chi connectivity index (χ3v) is 7.13. The Labute approximate surface area is 154 Å². The van der Waals surface area contributed by atoms with E-state index in [-0.39, 0.29) is 10.7 Å². The van der Waals surface area contributed by atoms with E-state index in [0.29, 0.717) is 23.5 Å². The first-order chi connectivity index (χ1) is 12.3. The highest BCUT2D eigenvalue weighted by atomic mass is 32.2. The van der Waals surface area contributed by atoms with Crippen molar-refractivity contribution in [2.24, 2.45) is 5.92 Å². The van der Waals surface area contributed by atoms with E-state index in [9.17, 15) is 13.2 Å². The van der Waals surface area contributed by atoms with E-state index in [1.807, 2.05) is 12.1 Å². The summed E-state index contributed by atoms with van der Waals surface area (Å²) in [6.07, 6.45) is 2.96. The molecule has 26 heavy (non-hydrogen) atoms. The molecule has 0 saturated carbocycles. The highest BCUT2D eigenvalue weighted by Gasteiger charge is 2.26. The predicted octanol–water partition coefficient (Wildman–Crippen LogP) is 4.18. The lowest BCUT2D eigenvalue weighted by atomic mass is 9.99. The zero-order chi connectivity index (χ0) is 18.9. The molecule has 2 aromatic rings. The second kappa shape index (κ2) is 7.27. The first-order valence-corrected chi connectivity index (χ1v) is 10.6. The molecule has 0 aliphatic carbocycles. The van der Waals surface area contributed by atoms with Gasteiger partial charge in [0, 0.05) is 24.3 Å². The number of anilines is 1. The molecule has 0 radical (unpaired) electrons. The summed E-state index contributed by atoms with van der Waals surface area (Å²) in [7, 11) is -3.48. The smallest absolute Gasteiger partial charge is 0.185 e. The molecule has 0 bridgehead atoms. The second-order valence-electron chi connectivity index (χ2n) is 7.29. The molecule has 1 saturated heterocycles. The third-order valence-electron chi connectivity index (χ3n) is 4.92. The summed E-state index contributed by atoms with van der Waals surface area (Å²) in [4.78, 5) is 13.5. The molecule has 1 aliphatic rings. The molecule has 0 amide bonds. The van der Waals surface area contributed by atoms with E-state index >= 15 is 0 Å². The molecule has 1 unspecified atom stereocenters. The van der Waals surface area contributed by atoms with Crippen molar-refractivity contribution in [3.8, 4) is 11.3 Å². The van der Waals surface area contributed by atoms with Gasteiger partial charge in [0.15, 0.2) is 21.9 Å². The van der Waals surface area contributed by atoms with Gasteiger partial charge in [0.1, 0.15) is 5.76 Å². The number of benzene rings is 1. The average Bonchev–Trinajstić information content (AvgIpc) is 3.10. The summed E-state index contributed by atoms with van der Waals surface area (Å²) in [6.45, 7) is 7.47. The van der Waals surface area contributed by atoms with Crippen molar-refractivity contribution in [3.63, 3.8) is 0 Å². The summed E-state index contributed by atoms with van der Waals surface area (Å²) < 4.78 is 31.2. The number of hydrogen-bond acceptors (Lipinski definition) is 5. The quantitative estimate of drug-likeness (QED) is 0.734. The highest BCUT2D eigenvalue weighted by molar-refractivity contribution is 7.92. The molecular formula is C20H25NO4S. The van der Waals surface area contributed by atoms with E-state index in [4.69, 9.17) is 4.42 Å². The van der Waals surface area contributed by atoms with Gasteiger partial charge < -0.3 is 9.32 Å². The Kier molecular flexibility index (Phi) is 5.23. The van der Waals surface area contributed by atoms with Gasteiger partial charge in [-0.2, -0.15) is 0 Å². The van der Waals surface area contributed by atoms with Crippen LogP contribution in [0.4, 0.5) is 5.69 Å². The number of aldehydes is 1. The van der Waals surface area contributed by atoms with Crippen molar-refractivity contribution in [2.75, 3.05) is 18.0 Å². The van der Waals surface area contributed by atoms with Gasteiger partial charge in [-0.05, 0) is 62.9 Å². The average molecular weight is 375 g/mol. The number of carbonyl (C=O) groups excluding carboxylic acids is 1. The lowest BCUT2D eigenvalue weighted by molar-refractivity contribution is 0.110. The molecule has 5 nitrogen and oxygen atoms in total. The van der Waals surface area contributed by atoms with Crippen molar-refractivity contribution in [1.29, 1.82) is 0 Å². The van der Waals surface area contributed by atoms with Crippen molar-refractivity contribution >= 4 is 21.8 Å². The van der Waals surface area contributed by atoms with Gasteiger partial charge in [-0.3, -0.25) is 4.79 Å². The minimum atomic E-state index is -3.48. The van der Waals surface area contributed by atoms with Gasteiger partial charge in [0.25, 0.3) is 0 Å². The zero-order valence-corrected chi connectivity index (χ0v) is 16.3. The molecule has 1 fully saturated rings. The number of rotatable bonds is 5. The van der Waals surface area contributed by atoms with Gasteiger partial charge in [-0.1, -0.05) is 6.92 Å². The molecule has 1 aromatic carbocycles. The van der Waals surface area contributed by atoms with E-state index in [1.54, 1.807) is 32.0 Å². The van der Waals surface area contributed by atoms with Gasteiger partial charge in [0.2, 0.25) is 0 Å². The summed E-state index contributed by atoms with van der Waals surface area (Å²) >= 11 is 0. The number of hydrogen-bond donors (Lipinski definition) is 0. The summed E-state index contributed by atoms with van der Waals surface area (Å²) in [5.41, 5.74) is 1.50. The van der Waals surface area contributed by atoms with E-state index in [0.717, 1.165) is 25.2 Å². The van der Waals surface area contributed by atoms with Gasteiger partial charge in [-0.25, -0.2) is 8.42 Å². The number of carbonyl (C=O) groups is 1. The SMILES string of the molecule is CC1CCCN(c2ccc(S(=O)(=O)C(C)C)c(-c3ccc(C=O)o3)c2)C1. The van der Waals surface area contributed by atoms with Crippen LogP contribution in [-0.4, -0.2) is 33.0 Å². The molecule has 3 rings (SSSR count). The fourth-order valence-corrected chi connectivity index (χ4v) is 4.63. The predicted molar refractivity (Wildman–Crippen MR) is 102 cm³/mol. The molecule has 6 heteroatoms. The maximum absolute atomic E-state index is 12.8. The number of piperidine rings is 1. The first kappa shape index (κ1) is 18.7. The molecule has 0 spiro atoms. The van der Waals surface area contributed by atoms with Crippen molar-refractivity contribution in [1.82, 2.24) is 0 Å². The molecular weight excluding hydrogens is 350 g/mol. The Morgan fingerprint density at radius 2 is 2.00 bits per heavy atom. The van der Waals surface area contributed by atoms with Crippen molar-refractivity contribution in [2.45, 2.75) is 43.8 Å². The second-order valence-corrected chi connectivity index (χ2v) is 9.76. The van der Waals surface area contributed by atoms with Gasteiger partial charge in [0.05, 0.1) is 10.1 Å². The molecule has 140 valence electrons. The fourth-order valence-electron chi connectivity index (χ4n) is 3.39. The Bertz CT molecular complexity index is 898. The van der Waals surface area contributed by atoms with Crippen molar-refractivity contribution in [3.05, 3.63) is 36.1 Å². The topological polar surface area (TPSA) is 67.6 Å². The lowest BCUT2D eigenvalue weighted by Crippen LogP contribution is -2.34. The van der Waals surface area contributed by atoms with Crippen LogP contribution in [0, 0.1) is 5.92 Å². The summed E-state index contributed by atoms with van der Waals surface area (Å²) in [5, 5.41) is -0.539. The van der Waals surface area contributed by atoms with Crippen LogP contribution >= 0.6 is 0 Å². The van der Waals surface area contributed by atoms with Crippen LogP contribution in [0.3, 0.4) is 0 Å². The van der Waals surface area contributed by atoms with E-state index in [2.05, 4.69) is 11.8 Å². The Morgan fingerprint density at radius 3 is 2.62 bits per heavy atom. The van der Waals surface area contributed by atoms with Crippen LogP contribution in [0.2, 0.25) is 0 Å². The Balaban J connectivity index is 2.12. The molecule has 0 N–H and O–H groups in total. The minimum Gasteiger partial charge on any atom is -0.453 e.